The van der Waals surface area contributed by atoms with Gasteiger partial charge in [0, 0.05) is 11.1 Å². The highest BCUT2D eigenvalue weighted by molar-refractivity contribution is 5.28. The first-order valence-corrected chi connectivity index (χ1v) is 5.61. The van der Waals surface area contributed by atoms with Crippen LogP contribution in [0.1, 0.15) is 23.2 Å². The van der Waals surface area contributed by atoms with E-state index in [1.54, 1.807) is 36.4 Å². The van der Waals surface area contributed by atoms with Gasteiger partial charge in [0.1, 0.15) is 11.6 Å². The van der Waals surface area contributed by atoms with Crippen LogP contribution in [-0.2, 0) is 0 Å². The van der Waals surface area contributed by atoms with Gasteiger partial charge in [-0.15, -0.1) is 0 Å². The Morgan fingerprint density at radius 3 is 1.33 bits per heavy atom. The monoisotopic (exact) mass is 248 g/mol. The van der Waals surface area contributed by atoms with E-state index in [-0.39, 0.29) is 11.1 Å². The van der Waals surface area contributed by atoms with Gasteiger partial charge in [-0.05, 0) is 12.1 Å². The number of halogens is 2. The van der Waals surface area contributed by atoms with Crippen molar-refractivity contribution in [1.29, 1.82) is 0 Å². The van der Waals surface area contributed by atoms with Crippen molar-refractivity contribution < 1.29 is 8.78 Å². The molecular formula is C14H14F2N2. The van der Waals surface area contributed by atoms with Gasteiger partial charge in [0.2, 0.25) is 0 Å². The van der Waals surface area contributed by atoms with Crippen molar-refractivity contribution in [3.63, 3.8) is 0 Å². The largest absolute Gasteiger partial charge is 0.322 e. The molecule has 18 heavy (non-hydrogen) atoms. The fraction of sp³-hybridized carbons (Fsp3) is 0.143. The average Bonchev–Trinajstić information content (AvgIpc) is 2.38. The molecule has 0 aliphatic carbocycles. The molecule has 4 N–H and O–H groups in total. The fourth-order valence-electron chi connectivity index (χ4n) is 1.88. The van der Waals surface area contributed by atoms with Gasteiger partial charge in [0.05, 0.1) is 12.1 Å². The van der Waals surface area contributed by atoms with Crippen molar-refractivity contribution in [3.8, 4) is 0 Å². The van der Waals surface area contributed by atoms with Crippen LogP contribution < -0.4 is 11.5 Å². The summed E-state index contributed by atoms with van der Waals surface area (Å²) < 4.78 is 27.2. The molecule has 2 nitrogen and oxygen atoms in total. The lowest BCUT2D eigenvalue weighted by atomic mass is 9.94. The van der Waals surface area contributed by atoms with E-state index in [9.17, 15) is 8.78 Å². The lowest BCUT2D eigenvalue weighted by Gasteiger charge is -2.21. The predicted molar refractivity (Wildman–Crippen MR) is 66.7 cm³/mol. The molecule has 0 saturated carbocycles. The minimum absolute atomic E-state index is 0.285. The molecule has 0 aliphatic rings. The van der Waals surface area contributed by atoms with Crippen molar-refractivity contribution in [2.24, 2.45) is 11.5 Å². The van der Waals surface area contributed by atoms with E-state index < -0.39 is 23.7 Å². The maximum Gasteiger partial charge on any atom is 0.128 e. The van der Waals surface area contributed by atoms with Crippen LogP contribution in [0, 0.1) is 11.6 Å². The van der Waals surface area contributed by atoms with Crippen molar-refractivity contribution in [3.05, 3.63) is 71.3 Å². The Bertz CT molecular complexity index is 493. The molecule has 2 atom stereocenters. The third-order valence-corrected chi connectivity index (χ3v) is 2.92. The van der Waals surface area contributed by atoms with Crippen LogP contribution in [0.25, 0.3) is 0 Å². The van der Waals surface area contributed by atoms with E-state index in [1.807, 2.05) is 0 Å². The molecule has 0 aliphatic heterocycles. The average molecular weight is 248 g/mol. The van der Waals surface area contributed by atoms with Crippen LogP contribution in [0.4, 0.5) is 8.78 Å². The van der Waals surface area contributed by atoms with Crippen molar-refractivity contribution in [2.45, 2.75) is 12.1 Å². The molecule has 0 unspecified atom stereocenters. The summed E-state index contributed by atoms with van der Waals surface area (Å²) in [5.41, 5.74) is 12.4. The van der Waals surface area contributed by atoms with Crippen LogP contribution in [0.2, 0.25) is 0 Å². The van der Waals surface area contributed by atoms with Crippen molar-refractivity contribution in [1.82, 2.24) is 0 Å². The van der Waals surface area contributed by atoms with Crippen LogP contribution >= 0.6 is 0 Å². The molecule has 0 radical (unpaired) electrons. The number of rotatable bonds is 3. The minimum atomic E-state index is -0.789. The fourth-order valence-corrected chi connectivity index (χ4v) is 1.88. The Hall–Kier alpha value is -1.78. The Balaban J connectivity index is 2.33. The Labute approximate surface area is 104 Å². The lowest BCUT2D eigenvalue weighted by molar-refractivity contribution is 0.502. The van der Waals surface area contributed by atoms with Gasteiger partial charge >= 0.3 is 0 Å². The smallest absolute Gasteiger partial charge is 0.128 e. The van der Waals surface area contributed by atoms with Gasteiger partial charge in [-0.3, -0.25) is 0 Å². The molecule has 4 heteroatoms. The summed E-state index contributed by atoms with van der Waals surface area (Å²) in [5, 5.41) is 0. The summed E-state index contributed by atoms with van der Waals surface area (Å²) in [4.78, 5) is 0. The third kappa shape index (κ3) is 2.39. The van der Waals surface area contributed by atoms with Crippen LogP contribution in [0.15, 0.2) is 48.5 Å². The molecule has 0 spiro atoms. The van der Waals surface area contributed by atoms with Crippen LogP contribution in [-0.4, -0.2) is 0 Å². The standard InChI is InChI=1S/C14H14F2N2/c15-11-7-3-1-5-9(11)13(17)14(18)10-6-2-4-8-12(10)16/h1-8,13-14H,17-18H2/t13-,14+. The number of hydrogen-bond donors (Lipinski definition) is 2. The topological polar surface area (TPSA) is 52.0 Å². The van der Waals surface area contributed by atoms with Gasteiger partial charge in [0.25, 0.3) is 0 Å². The van der Waals surface area contributed by atoms with E-state index in [1.165, 1.54) is 12.1 Å². The second kappa shape index (κ2) is 5.25. The molecule has 0 aromatic heterocycles. The maximum atomic E-state index is 13.6. The molecule has 94 valence electrons. The summed E-state index contributed by atoms with van der Waals surface area (Å²) in [6.45, 7) is 0. The molecule has 0 bridgehead atoms. The molecule has 0 amide bonds. The number of hydrogen-bond acceptors (Lipinski definition) is 2. The zero-order valence-electron chi connectivity index (χ0n) is 9.68. The van der Waals surface area contributed by atoms with E-state index in [0.717, 1.165) is 0 Å². The highest BCUT2D eigenvalue weighted by atomic mass is 19.1. The second-order valence-electron chi connectivity index (χ2n) is 4.09. The summed E-state index contributed by atoms with van der Waals surface area (Å²) in [7, 11) is 0. The molecule has 0 fully saturated rings. The molecule has 2 aromatic rings. The van der Waals surface area contributed by atoms with E-state index in [2.05, 4.69) is 0 Å². The van der Waals surface area contributed by atoms with Gasteiger partial charge < -0.3 is 11.5 Å². The molecule has 2 aromatic carbocycles. The summed E-state index contributed by atoms with van der Waals surface area (Å²) in [5.74, 6) is -0.867. The van der Waals surface area contributed by atoms with Crippen LogP contribution in [0.3, 0.4) is 0 Å². The Kier molecular flexibility index (Phi) is 3.69. The number of benzene rings is 2. The third-order valence-electron chi connectivity index (χ3n) is 2.92. The first-order chi connectivity index (χ1) is 8.61. The van der Waals surface area contributed by atoms with Crippen LogP contribution in [0.5, 0.6) is 0 Å². The SMILES string of the molecule is N[C@H](c1ccccc1F)[C@@H](N)c1ccccc1F. The highest BCUT2D eigenvalue weighted by Crippen LogP contribution is 2.27. The number of nitrogens with two attached hydrogens (primary N) is 2. The zero-order chi connectivity index (χ0) is 13.1. The summed E-state index contributed by atoms with van der Waals surface area (Å²) in [6.07, 6.45) is 0. The lowest BCUT2D eigenvalue weighted by Crippen LogP contribution is -2.28. The predicted octanol–water partition coefficient (Wildman–Crippen LogP) is 2.66. The Morgan fingerprint density at radius 2 is 1.00 bits per heavy atom. The molecular weight excluding hydrogens is 234 g/mol. The summed E-state index contributed by atoms with van der Waals surface area (Å²) in [6, 6.07) is 10.6. The van der Waals surface area contributed by atoms with Gasteiger partial charge in [-0.2, -0.15) is 0 Å². The van der Waals surface area contributed by atoms with Gasteiger partial charge in [0.15, 0.2) is 0 Å². The zero-order valence-corrected chi connectivity index (χ0v) is 9.68. The molecule has 2 rings (SSSR count). The maximum absolute atomic E-state index is 13.6. The molecule has 0 saturated heterocycles. The second-order valence-corrected chi connectivity index (χ2v) is 4.09. The van der Waals surface area contributed by atoms with Gasteiger partial charge in [-0.1, -0.05) is 36.4 Å². The first-order valence-electron chi connectivity index (χ1n) is 5.61. The normalized spacial score (nSPS) is 14.2. The van der Waals surface area contributed by atoms with Gasteiger partial charge in [-0.25, -0.2) is 8.78 Å². The first kappa shape index (κ1) is 12.7. The minimum Gasteiger partial charge on any atom is -0.322 e. The van der Waals surface area contributed by atoms with E-state index in [0.29, 0.717) is 0 Å². The van der Waals surface area contributed by atoms with E-state index in [4.69, 9.17) is 11.5 Å². The quantitative estimate of drug-likeness (QED) is 0.877. The molecule has 0 heterocycles. The Morgan fingerprint density at radius 1 is 0.667 bits per heavy atom. The van der Waals surface area contributed by atoms with E-state index >= 15 is 0 Å². The summed E-state index contributed by atoms with van der Waals surface area (Å²) >= 11 is 0. The van der Waals surface area contributed by atoms with Crippen molar-refractivity contribution >= 4 is 0 Å². The highest BCUT2D eigenvalue weighted by Gasteiger charge is 2.22. The van der Waals surface area contributed by atoms with Crippen molar-refractivity contribution in [2.75, 3.05) is 0 Å².